The molecule has 1 N–H and O–H groups in total. The van der Waals surface area contributed by atoms with Gasteiger partial charge in [-0.2, -0.15) is 0 Å². The Labute approximate surface area is 114 Å². The summed E-state index contributed by atoms with van der Waals surface area (Å²) < 4.78 is 0. The monoisotopic (exact) mass is 262 g/mol. The van der Waals surface area contributed by atoms with Crippen molar-refractivity contribution in [2.24, 2.45) is 5.92 Å². The number of carboxylic acids is 1. The van der Waals surface area contributed by atoms with E-state index in [9.17, 15) is 9.90 Å². The van der Waals surface area contributed by atoms with E-state index in [0.717, 1.165) is 30.4 Å². The second-order valence-electron chi connectivity index (χ2n) is 5.55. The lowest BCUT2D eigenvalue weighted by atomic mass is 10.1. The Kier molecular flexibility index (Phi) is 4.08. The Morgan fingerprint density at radius 3 is 2.63 bits per heavy atom. The number of nitrogens with zero attached hydrogens (tertiary/aromatic N) is 2. The van der Waals surface area contributed by atoms with Gasteiger partial charge in [0.05, 0.1) is 5.56 Å². The number of hydrogen-bond acceptors (Lipinski definition) is 3. The molecule has 4 heteroatoms. The molecule has 1 aromatic heterocycles. The molecule has 1 heterocycles. The zero-order chi connectivity index (χ0) is 14.0. The van der Waals surface area contributed by atoms with Crippen LogP contribution in [0.3, 0.4) is 0 Å². The van der Waals surface area contributed by atoms with E-state index >= 15 is 0 Å². The summed E-state index contributed by atoms with van der Waals surface area (Å²) in [5.74, 6) is 0.676. The minimum absolute atomic E-state index is 0.335. The van der Waals surface area contributed by atoms with Crippen LogP contribution in [0.2, 0.25) is 0 Å². The molecule has 1 aromatic rings. The highest BCUT2D eigenvalue weighted by atomic mass is 16.4. The summed E-state index contributed by atoms with van der Waals surface area (Å²) in [7, 11) is 0. The van der Waals surface area contributed by atoms with Crippen LogP contribution < -0.4 is 4.90 Å². The molecule has 0 saturated heterocycles. The summed E-state index contributed by atoms with van der Waals surface area (Å²) in [5.41, 5.74) is 1.18. The lowest BCUT2D eigenvalue weighted by Gasteiger charge is -2.28. The molecule has 104 valence electrons. The van der Waals surface area contributed by atoms with Crippen molar-refractivity contribution < 1.29 is 9.90 Å². The summed E-state index contributed by atoms with van der Waals surface area (Å²) >= 11 is 0. The number of carbonyl (C=O) groups is 1. The molecule has 0 aromatic carbocycles. The molecule has 4 nitrogen and oxygen atoms in total. The molecule has 0 bridgehead atoms. The molecule has 1 saturated carbocycles. The van der Waals surface area contributed by atoms with Crippen molar-refractivity contribution in [3.05, 3.63) is 23.4 Å². The molecule has 1 fully saturated rings. The molecular weight excluding hydrogens is 240 g/mol. The maximum atomic E-state index is 11.2. The van der Waals surface area contributed by atoms with E-state index in [-0.39, 0.29) is 0 Å². The van der Waals surface area contributed by atoms with Gasteiger partial charge < -0.3 is 10.0 Å². The average molecular weight is 262 g/mol. The van der Waals surface area contributed by atoms with E-state index in [2.05, 4.69) is 23.7 Å². The van der Waals surface area contributed by atoms with E-state index in [1.165, 1.54) is 12.8 Å². The number of pyridine rings is 1. The largest absolute Gasteiger partial charge is 0.478 e. The van der Waals surface area contributed by atoms with Gasteiger partial charge in [-0.25, -0.2) is 9.78 Å². The summed E-state index contributed by atoms with van der Waals surface area (Å²) in [6.45, 7) is 7.24. The van der Waals surface area contributed by atoms with Gasteiger partial charge in [-0.15, -0.1) is 0 Å². The minimum atomic E-state index is -0.881. The Morgan fingerprint density at radius 2 is 2.16 bits per heavy atom. The van der Waals surface area contributed by atoms with Crippen LogP contribution in [-0.2, 0) is 6.42 Å². The normalized spacial score (nSPS) is 14.7. The fraction of sp³-hybridized carbons (Fsp3) is 0.600. The van der Waals surface area contributed by atoms with Crippen LogP contribution in [-0.4, -0.2) is 28.6 Å². The van der Waals surface area contributed by atoms with E-state index in [0.29, 0.717) is 11.6 Å². The van der Waals surface area contributed by atoms with Crippen molar-refractivity contribution in [3.63, 3.8) is 0 Å². The molecular formula is C15H22N2O2. The van der Waals surface area contributed by atoms with Gasteiger partial charge in [0, 0.05) is 18.3 Å². The molecule has 1 aliphatic rings. The number of anilines is 1. The summed E-state index contributed by atoms with van der Waals surface area (Å²) in [6, 6.07) is 3.70. The predicted molar refractivity (Wildman–Crippen MR) is 75.8 cm³/mol. The van der Waals surface area contributed by atoms with Crippen LogP contribution in [0.4, 0.5) is 5.82 Å². The van der Waals surface area contributed by atoms with Crippen molar-refractivity contribution in [1.82, 2.24) is 4.98 Å². The highest BCUT2D eigenvalue weighted by molar-refractivity contribution is 5.88. The zero-order valence-electron chi connectivity index (χ0n) is 11.9. The number of carboxylic acid groups (broad SMARTS) is 1. The second-order valence-corrected chi connectivity index (χ2v) is 5.55. The van der Waals surface area contributed by atoms with Crippen LogP contribution in [0.5, 0.6) is 0 Å². The SMILES string of the molecule is CCc1cc(C(=O)O)cc(N(CC2CC2)C(C)C)n1. The molecule has 0 unspecified atom stereocenters. The average Bonchev–Trinajstić information content (AvgIpc) is 3.18. The van der Waals surface area contributed by atoms with Crippen molar-refractivity contribution in [1.29, 1.82) is 0 Å². The van der Waals surface area contributed by atoms with E-state index < -0.39 is 5.97 Å². The van der Waals surface area contributed by atoms with Gasteiger partial charge in [0.2, 0.25) is 0 Å². The first-order valence-electron chi connectivity index (χ1n) is 7.02. The first-order valence-corrected chi connectivity index (χ1v) is 7.02. The second kappa shape index (κ2) is 5.59. The smallest absolute Gasteiger partial charge is 0.335 e. The van der Waals surface area contributed by atoms with Gasteiger partial charge in [0.15, 0.2) is 0 Å². The zero-order valence-corrected chi connectivity index (χ0v) is 11.9. The van der Waals surface area contributed by atoms with E-state index in [1.807, 2.05) is 6.92 Å². The topological polar surface area (TPSA) is 53.4 Å². The highest BCUT2D eigenvalue weighted by Gasteiger charge is 2.26. The summed E-state index contributed by atoms with van der Waals surface area (Å²) in [5, 5.41) is 9.20. The van der Waals surface area contributed by atoms with Gasteiger partial charge >= 0.3 is 5.97 Å². The van der Waals surface area contributed by atoms with Gasteiger partial charge in [0.1, 0.15) is 5.82 Å². The van der Waals surface area contributed by atoms with E-state index in [1.54, 1.807) is 12.1 Å². The third-order valence-corrected chi connectivity index (χ3v) is 3.54. The van der Waals surface area contributed by atoms with Crippen molar-refractivity contribution in [3.8, 4) is 0 Å². The molecule has 19 heavy (non-hydrogen) atoms. The molecule has 0 atom stereocenters. The maximum absolute atomic E-state index is 11.2. The van der Waals surface area contributed by atoms with Crippen LogP contribution in [0.15, 0.2) is 12.1 Å². The molecule has 0 spiro atoms. The number of aromatic carboxylic acids is 1. The Hall–Kier alpha value is -1.58. The quantitative estimate of drug-likeness (QED) is 0.856. The third-order valence-electron chi connectivity index (χ3n) is 3.54. The van der Waals surface area contributed by atoms with Crippen LogP contribution in [0, 0.1) is 5.92 Å². The predicted octanol–water partition coefficient (Wildman–Crippen LogP) is 2.97. The van der Waals surface area contributed by atoms with Crippen molar-refractivity contribution in [2.45, 2.75) is 46.1 Å². The van der Waals surface area contributed by atoms with Gasteiger partial charge in [-0.3, -0.25) is 0 Å². The fourth-order valence-corrected chi connectivity index (χ4v) is 2.17. The standard InChI is InChI=1S/C15H22N2O2/c1-4-13-7-12(15(18)19)8-14(16-13)17(10(2)3)9-11-5-6-11/h7-8,10-11H,4-6,9H2,1-3H3,(H,18,19). The molecule has 2 rings (SSSR count). The lowest BCUT2D eigenvalue weighted by Crippen LogP contribution is -2.33. The number of aromatic nitrogens is 1. The Balaban J connectivity index is 2.33. The molecule has 0 amide bonds. The van der Waals surface area contributed by atoms with Crippen molar-refractivity contribution >= 4 is 11.8 Å². The Morgan fingerprint density at radius 1 is 1.47 bits per heavy atom. The first-order chi connectivity index (χ1) is 9.01. The van der Waals surface area contributed by atoms with Crippen LogP contribution >= 0.6 is 0 Å². The Bertz CT molecular complexity index is 467. The van der Waals surface area contributed by atoms with Gasteiger partial charge in [0.25, 0.3) is 0 Å². The summed E-state index contributed by atoms with van der Waals surface area (Å²) in [4.78, 5) is 18.0. The lowest BCUT2D eigenvalue weighted by molar-refractivity contribution is 0.0696. The van der Waals surface area contributed by atoms with Gasteiger partial charge in [-0.1, -0.05) is 6.92 Å². The third kappa shape index (κ3) is 3.46. The maximum Gasteiger partial charge on any atom is 0.335 e. The first kappa shape index (κ1) is 13.8. The number of aryl methyl sites for hydroxylation is 1. The van der Waals surface area contributed by atoms with Crippen LogP contribution in [0.1, 0.15) is 49.7 Å². The fourth-order valence-electron chi connectivity index (χ4n) is 2.17. The van der Waals surface area contributed by atoms with Crippen LogP contribution in [0.25, 0.3) is 0 Å². The molecule has 0 radical (unpaired) electrons. The van der Waals surface area contributed by atoms with Gasteiger partial charge in [-0.05, 0) is 51.2 Å². The highest BCUT2D eigenvalue weighted by Crippen LogP contribution is 2.32. The minimum Gasteiger partial charge on any atom is -0.478 e. The molecule has 1 aliphatic carbocycles. The number of rotatable bonds is 6. The van der Waals surface area contributed by atoms with Crippen molar-refractivity contribution in [2.75, 3.05) is 11.4 Å². The molecule has 0 aliphatic heterocycles. The summed E-state index contributed by atoms with van der Waals surface area (Å²) in [6.07, 6.45) is 3.31. The number of hydrogen-bond donors (Lipinski definition) is 1. The van der Waals surface area contributed by atoms with E-state index in [4.69, 9.17) is 0 Å².